The van der Waals surface area contributed by atoms with E-state index in [-0.39, 0.29) is 0 Å². The summed E-state index contributed by atoms with van der Waals surface area (Å²) >= 11 is 0. The van der Waals surface area contributed by atoms with Crippen LogP contribution in [0, 0.1) is 0 Å². The van der Waals surface area contributed by atoms with E-state index in [2.05, 4.69) is 21.0 Å². The van der Waals surface area contributed by atoms with Crippen molar-refractivity contribution in [2.24, 2.45) is 0 Å². The van der Waals surface area contributed by atoms with Gasteiger partial charge in [-0.05, 0) is 33.6 Å². The number of rotatable bonds is 23. The summed E-state index contributed by atoms with van der Waals surface area (Å²) in [6, 6.07) is 0.933. The van der Waals surface area contributed by atoms with E-state index in [4.69, 9.17) is 13.3 Å². The summed E-state index contributed by atoms with van der Waals surface area (Å²) in [6.07, 6.45) is 18.1. The molecule has 182 valence electrons. The molecule has 0 spiro atoms. The number of hydrogen-bond donors (Lipinski definition) is 0. The maximum atomic E-state index is 5.99. The van der Waals surface area contributed by atoms with Crippen molar-refractivity contribution in [3.63, 3.8) is 0 Å². The lowest BCUT2D eigenvalue weighted by atomic mass is 10.1. The van der Waals surface area contributed by atoms with Gasteiger partial charge in [-0.25, -0.2) is 0 Å². The van der Waals surface area contributed by atoms with Crippen LogP contribution in [-0.4, -0.2) is 60.3 Å². The first kappa shape index (κ1) is 30.1. The zero-order valence-corrected chi connectivity index (χ0v) is 22.6. The van der Waals surface area contributed by atoms with Crippen LogP contribution in [0.15, 0.2) is 0 Å². The summed E-state index contributed by atoms with van der Waals surface area (Å²) in [5, 5.41) is 0. The van der Waals surface area contributed by atoms with Crippen molar-refractivity contribution < 1.29 is 17.8 Å². The fourth-order valence-corrected chi connectivity index (χ4v) is 6.81. The molecular formula is C25H56NO3Si+. The smallest absolute Gasteiger partial charge is 0.374 e. The third-order valence-electron chi connectivity index (χ3n) is 5.96. The van der Waals surface area contributed by atoms with Crippen molar-refractivity contribution in [2.75, 3.05) is 47.0 Å². The molecule has 0 heterocycles. The second-order valence-electron chi connectivity index (χ2n) is 9.36. The van der Waals surface area contributed by atoms with Crippen molar-refractivity contribution in [3.8, 4) is 0 Å². The Kier molecular flexibility index (Phi) is 19.8. The highest BCUT2D eigenvalue weighted by atomic mass is 28.4. The van der Waals surface area contributed by atoms with Crippen LogP contribution in [-0.2, 0) is 13.3 Å². The van der Waals surface area contributed by atoms with E-state index in [1.165, 1.54) is 90.1 Å². The minimum atomic E-state index is -2.48. The van der Waals surface area contributed by atoms with Crippen LogP contribution in [0.1, 0.15) is 111 Å². The topological polar surface area (TPSA) is 27.7 Å². The fourth-order valence-electron chi connectivity index (χ4n) is 4.22. The van der Waals surface area contributed by atoms with Gasteiger partial charge >= 0.3 is 8.80 Å². The largest absolute Gasteiger partial charge is 0.501 e. The van der Waals surface area contributed by atoms with Crippen molar-refractivity contribution in [3.05, 3.63) is 0 Å². The predicted molar refractivity (Wildman–Crippen MR) is 133 cm³/mol. The van der Waals surface area contributed by atoms with Gasteiger partial charge in [0.25, 0.3) is 0 Å². The molecule has 0 aromatic carbocycles. The van der Waals surface area contributed by atoms with Crippen LogP contribution in [0.5, 0.6) is 0 Å². The average Bonchev–Trinajstić information content (AvgIpc) is 2.69. The summed E-state index contributed by atoms with van der Waals surface area (Å²) in [7, 11) is 2.25. The molecule has 0 atom stereocenters. The third-order valence-corrected chi connectivity index (χ3v) is 9.11. The van der Waals surface area contributed by atoms with Crippen LogP contribution in [0.25, 0.3) is 0 Å². The lowest BCUT2D eigenvalue weighted by Gasteiger charge is -2.32. The summed E-state index contributed by atoms with van der Waals surface area (Å²) in [4.78, 5) is 0. The van der Waals surface area contributed by atoms with E-state index in [0.29, 0.717) is 19.8 Å². The van der Waals surface area contributed by atoms with Gasteiger partial charge < -0.3 is 17.8 Å². The molecule has 0 aliphatic carbocycles. The molecule has 0 rings (SSSR count). The van der Waals surface area contributed by atoms with Crippen LogP contribution < -0.4 is 0 Å². The van der Waals surface area contributed by atoms with Gasteiger partial charge in [0, 0.05) is 32.3 Å². The van der Waals surface area contributed by atoms with Gasteiger partial charge in [-0.2, -0.15) is 0 Å². The quantitative estimate of drug-likeness (QED) is 0.0943. The van der Waals surface area contributed by atoms with Crippen LogP contribution in [0.2, 0.25) is 6.04 Å². The Morgan fingerprint density at radius 3 is 1.27 bits per heavy atom. The molecular weight excluding hydrogens is 390 g/mol. The SMILES string of the molecule is CCCCCCCCCCCCCC[N+](C)(C)CCC[Si](OCC)(OCC)OCC. The highest BCUT2D eigenvalue weighted by Gasteiger charge is 2.40. The standard InChI is InChI=1S/C25H56NO3Si/c1-7-11-12-13-14-15-16-17-18-19-20-21-23-26(5,6)24-22-25-30(27-8-2,28-9-3)29-10-4/h7-25H2,1-6H3/q+1. The van der Waals surface area contributed by atoms with Gasteiger partial charge in [0.15, 0.2) is 0 Å². The summed E-state index contributed by atoms with van der Waals surface area (Å²) < 4.78 is 19.1. The number of hydrogen-bond acceptors (Lipinski definition) is 3. The first-order valence-electron chi connectivity index (χ1n) is 13.2. The first-order valence-corrected chi connectivity index (χ1v) is 15.1. The first-order chi connectivity index (χ1) is 14.4. The molecule has 4 nitrogen and oxygen atoms in total. The van der Waals surface area contributed by atoms with Gasteiger partial charge in [-0.15, -0.1) is 0 Å². The zero-order valence-electron chi connectivity index (χ0n) is 21.6. The lowest BCUT2D eigenvalue weighted by molar-refractivity contribution is -0.890. The molecule has 0 amide bonds. The Morgan fingerprint density at radius 2 is 0.867 bits per heavy atom. The molecule has 0 saturated heterocycles. The highest BCUT2D eigenvalue weighted by Crippen LogP contribution is 2.20. The molecule has 0 radical (unpaired) electrons. The summed E-state index contributed by atoms with van der Waals surface area (Å²) in [5.74, 6) is 0. The Morgan fingerprint density at radius 1 is 0.500 bits per heavy atom. The van der Waals surface area contributed by atoms with Gasteiger partial charge in [-0.3, -0.25) is 0 Å². The molecule has 0 N–H and O–H groups in total. The van der Waals surface area contributed by atoms with Crippen molar-refractivity contribution in [1.29, 1.82) is 0 Å². The molecule has 0 saturated carbocycles. The molecule has 5 heteroatoms. The molecule has 0 aromatic rings. The second-order valence-corrected chi connectivity index (χ2v) is 12.1. The molecule has 0 unspecified atom stereocenters. The van der Waals surface area contributed by atoms with E-state index in [1.807, 2.05) is 20.8 Å². The van der Waals surface area contributed by atoms with Crippen LogP contribution in [0.3, 0.4) is 0 Å². The van der Waals surface area contributed by atoms with Crippen molar-refractivity contribution in [1.82, 2.24) is 0 Å². The maximum absolute atomic E-state index is 5.99. The highest BCUT2D eigenvalue weighted by molar-refractivity contribution is 6.60. The Balaban J connectivity index is 3.84. The average molecular weight is 447 g/mol. The van der Waals surface area contributed by atoms with Crippen molar-refractivity contribution in [2.45, 2.75) is 117 Å². The van der Waals surface area contributed by atoms with Gasteiger partial charge in [-0.1, -0.05) is 71.1 Å². The summed E-state index contributed by atoms with van der Waals surface area (Å²) in [5.41, 5.74) is 0. The van der Waals surface area contributed by atoms with Crippen molar-refractivity contribution >= 4 is 8.80 Å². The van der Waals surface area contributed by atoms with Gasteiger partial charge in [0.2, 0.25) is 0 Å². The minimum Gasteiger partial charge on any atom is -0.374 e. The normalized spacial score (nSPS) is 12.6. The molecule has 0 fully saturated rings. The molecule has 0 aliphatic rings. The molecule has 0 aromatic heterocycles. The lowest BCUT2D eigenvalue weighted by Crippen LogP contribution is -2.48. The number of quaternary nitrogens is 1. The fraction of sp³-hybridized carbons (Fsp3) is 1.00. The van der Waals surface area contributed by atoms with E-state index < -0.39 is 8.80 Å². The van der Waals surface area contributed by atoms with Crippen LogP contribution in [0.4, 0.5) is 0 Å². The number of nitrogens with zero attached hydrogens (tertiary/aromatic N) is 1. The molecule has 0 aliphatic heterocycles. The van der Waals surface area contributed by atoms with E-state index in [1.54, 1.807) is 0 Å². The minimum absolute atomic E-state index is 0.670. The summed E-state index contributed by atoms with van der Waals surface area (Å²) in [6.45, 7) is 12.8. The Bertz CT molecular complexity index is 349. The van der Waals surface area contributed by atoms with Gasteiger partial charge in [0.1, 0.15) is 0 Å². The van der Waals surface area contributed by atoms with E-state index >= 15 is 0 Å². The monoisotopic (exact) mass is 446 g/mol. The molecule has 30 heavy (non-hydrogen) atoms. The van der Waals surface area contributed by atoms with E-state index in [9.17, 15) is 0 Å². The zero-order chi connectivity index (χ0) is 22.6. The van der Waals surface area contributed by atoms with Gasteiger partial charge in [0.05, 0.1) is 27.2 Å². The predicted octanol–water partition coefficient (Wildman–Crippen LogP) is 7.20. The third kappa shape index (κ3) is 16.7. The Hall–Kier alpha value is 0.0569. The molecule has 0 bridgehead atoms. The van der Waals surface area contributed by atoms with Crippen LogP contribution >= 0.6 is 0 Å². The second kappa shape index (κ2) is 19.7. The van der Waals surface area contributed by atoms with E-state index in [0.717, 1.165) is 16.9 Å². The Labute approximate surface area is 191 Å². The maximum Gasteiger partial charge on any atom is 0.501 e. The number of unbranched alkanes of at least 4 members (excludes halogenated alkanes) is 11.